The fraction of sp³-hybridized carbons (Fsp3) is 0.273. The topological polar surface area (TPSA) is 101 Å². The van der Waals surface area contributed by atoms with Gasteiger partial charge in [0.1, 0.15) is 0 Å². The van der Waals surface area contributed by atoms with E-state index in [1.807, 2.05) is 22.6 Å². The van der Waals surface area contributed by atoms with Crippen LogP contribution >= 0.6 is 22.6 Å². The van der Waals surface area contributed by atoms with E-state index in [4.69, 9.17) is 0 Å². The number of non-ortho nitro benzene ring substituents is 1. The zero-order valence-electron chi connectivity index (χ0n) is 9.68. The van der Waals surface area contributed by atoms with Gasteiger partial charge in [0.05, 0.1) is 16.5 Å². The Balaban J connectivity index is 2.16. The molecule has 1 aliphatic rings. The van der Waals surface area contributed by atoms with Gasteiger partial charge in [0.2, 0.25) is 5.91 Å². The predicted molar refractivity (Wildman–Crippen MR) is 74.7 cm³/mol. The number of hydrogen-bond acceptors (Lipinski definition) is 4. The van der Waals surface area contributed by atoms with Gasteiger partial charge in [-0.25, -0.2) is 0 Å². The second-order valence-electron chi connectivity index (χ2n) is 4.10. The molecule has 0 bridgehead atoms. The van der Waals surface area contributed by atoms with E-state index in [0.717, 1.165) is 0 Å². The summed E-state index contributed by atoms with van der Waals surface area (Å²) in [7, 11) is 0. The van der Waals surface area contributed by atoms with Gasteiger partial charge in [-0.15, -0.1) is 0 Å². The number of rotatable bonds is 3. The van der Waals surface area contributed by atoms with Crippen LogP contribution in [-0.2, 0) is 4.79 Å². The molecule has 2 rings (SSSR count). The lowest BCUT2D eigenvalue weighted by Crippen LogP contribution is -2.36. The Labute approximate surface area is 122 Å². The molecule has 8 heteroatoms. The second kappa shape index (κ2) is 5.51. The molecule has 0 aliphatic carbocycles. The largest absolute Gasteiger partial charge is 0.354 e. The van der Waals surface area contributed by atoms with Crippen molar-refractivity contribution in [1.29, 1.82) is 0 Å². The van der Waals surface area contributed by atoms with Crippen molar-refractivity contribution in [3.63, 3.8) is 0 Å². The molecule has 19 heavy (non-hydrogen) atoms. The third kappa shape index (κ3) is 3.19. The maximum Gasteiger partial charge on any atom is 0.270 e. The number of nitro benzene ring substituents is 1. The van der Waals surface area contributed by atoms with Crippen molar-refractivity contribution in [3.8, 4) is 0 Å². The van der Waals surface area contributed by atoms with E-state index >= 15 is 0 Å². The lowest BCUT2D eigenvalue weighted by Gasteiger charge is -2.11. The van der Waals surface area contributed by atoms with Crippen molar-refractivity contribution < 1.29 is 14.5 Å². The molecule has 1 fully saturated rings. The molecule has 7 nitrogen and oxygen atoms in total. The summed E-state index contributed by atoms with van der Waals surface area (Å²) in [5.41, 5.74) is 0.111. The van der Waals surface area contributed by atoms with E-state index in [9.17, 15) is 19.7 Å². The summed E-state index contributed by atoms with van der Waals surface area (Å²) < 4.78 is 0.623. The lowest BCUT2D eigenvalue weighted by molar-refractivity contribution is -0.384. The minimum absolute atomic E-state index is 0.112. The van der Waals surface area contributed by atoms with Gasteiger partial charge in [-0.1, -0.05) is 0 Å². The second-order valence-corrected chi connectivity index (χ2v) is 5.26. The molecular formula is C11H10IN3O4. The number of benzene rings is 1. The number of halogens is 1. The van der Waals surface area contributed by atoms with Crippen molar-refractivity contribution >= 4 is 40.1 Å². The fourth-order valence-corrected chi connectivity index (χ4v) is 2.35. The highest BCUT2D eigenvalue weighted by Crippen LogP contribution is 2.19. The average Bonchev–Trinajstić information content (AvgIpc) is 2.74. The number of nitro groups is 1. The monoisotopic (exact) mass is 375 g/mol. The van der Waals surface area contributed by atoms with Crippen LogP contribution in [0.4, 0.5) is 5.69 Å². The van der Waals surface area contributed by atoms with Gasteiger partial charge >= 0.3 is 0 Å². The molecule has 1 atom stereocenters. The minimum atomic E-state index is -0.548. The molecule has 1 unspecified atom stereocenters. The van der Waals surface area contributed by atoms with Crippen LogP contribution in [0.5, 0.6) is 0 Å². The molecule has 100 valence electrons. The molecule has 1 heterocycles. The molecule has 1 aromatic carbocycles. The van der Waals surface area contributed by atoms with Crippen LogP contribution in [-0.4, -0.2) is 29.3 Å². The van der Waals surface area contributed by atoms with E-state index in [0.29, 0.717) is 10.1 Å². The lowest BCUT2D eigenvalue weighted by atomic mass is 10.1. The molecule has 0 spiro atoms. The number of nitrogens with zero attached hydrogens (tertiary/aromatic N) is 1. The molecule has 1 aromatic rings. The first-order chi connectivity index (χ1) is 8.97. The van der Waals surface area contributed by atoms with Gasteiger partial charge in [-0.3, -0.25) is 19.7 Å². The highest BCUT2D eigenvalue weighted by atomic mass is 127. The number of hydrogen-bond donors (Lipinski definition) is 2. The Hall–Kier alpha value is -1.71. The van der Waals surface area contributed by atoms with E-state index in [1.165, 1.54) is 18.2 Å². The van der Waals surface area contributed by atoms with Crippen LogP contribution in [0.2, 0.25) is 0 Å². The van der Waals surface area contributed by atoms with Gasteiger partial charge in [-0.2, -0.15) is 0 Å². The third-order valence-electron chi connectivity index (χ3n) is 2.72. The van der Waals surface area contributed by atoms with E-state index in [1.54, 1.807) is 0 Å². The first-order valence-corrected chi connectivity index (χ1v) is 6.57. The molecule has 0 radical (unpaired) electrons. The SMILES string of the molecule is O=C1CC(NC(=O)c2cc([N+](=O)[O-])ccc2I)CN1. The van der Waals surface area contributed by atoms with Gasteiger partial charge in [0.15, 0.2) is 0 Å². The Morgan fingerprint density at radius 3 is 2.84 bits per heavy atom. The fourth-order valence-electron chi connectivity index (χ4n) is 1.77. The molecule has 1 saturated heterocycles. The van der Waals surface area contributed by atoms with Gasteiger partial charge < -0.3 is 10.6 Å². The number of carbonyl (C=O) groups is 2. The van der Waals surface area contributed by atoms with Crippen molar-refractivity contribution in [2.75, 3.05) is 6.54 Å². The smallest absolute Gasteiger partial charge is 0.270 e. The highest BCUT2D eigenvalue weighted by Gasteiger charge is 2.24. The summed E-state index contributed by atoms with van der Waals surface area (Å²) in [5, 5.41) is 16.0. The molecule has 1 aliphatic heterocycles. The van der Waals surface area contributed by atoms with E-state index in [-0.39, 0.29) is 29.6 Å². The number of amides is 2. The first kappa shape index (κ1) is 13.7. The van der Waals surface area contributed by atoms with E-state index < -0.39 is 10.8 Å². The third-order valence-corrected chi connectivity index (χ3v) is 3.66. The Bertz CT molecular complexity index is 561. The first-order valence-electron chi connectivity index (χ1n) is 5.49. The molecule has 2 amide bonds. The van der Waals surface area contributed by atoms with Crippen molar-refractivity contribution in [2.45, 2.75) is 12.5 Å². The summed E-state index contributed by atoms with van der Waals surface area (Å²) in [6.45, 7) is 0.385. The molecule has 0 aromatic heterocycles. The number of carbonyl (C=O) groups excluding carboxylic acids is 2. The van der Waals surface area contributed by atoms with Gasteiger partial charge in [0, 0.05) is 28.7 Å². The summed E-state index contributed by atoms with van der Waals surface area (Å²) >= 11 is 1.94. The maximum atomic E-state index is 12.0. The average molecular weight is 375 g/mol. The zero-order chi connectivity index (χ0) is 14.0. The van der Waals surface area contributed by atoms with Crippen LogP contribution in [0.25, 0.3) is 0 Å². The van der Waals surface area contributed by atoms with Gasteiger partial charge in [0.25, 0.3) is 11.6 Å². The Kier molecular flexibility index (Phi) is 3.98. The van der Waals surface area contributed by atoms with Crippen molar-refractivity contribution in [2.24, 2.45) is 0 Å². The van der Waals surface area contributed by atoms with Crippen molar-refractivity contribution in [3.05, 3.63) is 37.4 Å². The van der Waals surface area contributed by atoms with Crippen LogP contribution in [0.1, 0.15) is 16.8 Å². The van der Waals surface area contributed by atoms with Crippen LogP contribution in [0.3, 0.4) is 0 Å². The molecule has 2 N–H and O–H groups in total. The van der Waals surface area contributed by atoms with Crippen LogP contribution in [0, 0.1) is 13.7 Å². The zero-order valence-corrected chi connectivity index (χ0v) is 11.8. The Morgan fingerprint density at radius 1 is 1.53 bits per heavy atom. The summed E-state index contributed by atoms with van der Waals surface area (Å²) in [6, 6.07) is 3.83. The Morgan fingerprint density at radius 2 is 2.26 bits per heavy atom. The normalized spacial score (nSPS) is 17.9. The van der Waals surface area contributed by atoms with Crippen LogP contribution in [0.15, 0.2) is 18.2 Å². The quantitative estimate of drug-likeness (QED) is 0.464. The summed E-state index contributed by atoms with van der Waals surface area (Å²) in [5.74, 6) is -0.520. The highest BCUT2D eigenvalue weighted by molar-refractivity contribution is 14.1. The maximum absolute atomic E-state index is 12.0. The predicted octanol–water partition coefficient (Wildman–Crippen LogP) is 0.818. The molecular weight excluding hydrogens is 365 g/mol. The summed E-state index contributed by atoms with van der Waals surface area (Å²) in [6.07, 6.45) is 0.233. The minimum Gasteiger partial charge on any atom is -0.354 e. The standard InChI is InChI=1S/C11H10IN3O4/c12-9-2-1-7(15(18)19)4-8(9)11(17)14-6-3-10(16)13-5-6/h1-2,4,6H,3,5H2,(H,13,16)(H,14,17). The summed E-state index contributed by atoms with van der Waals surface area (Å²) in [4.78, 5) is 33.2. The number of nitrogens with one attached hydrogen (secondary N) is 2. The molecule has 0 saturated carbocycles. The van der Waals surface area contributed by atoms with Gasteiger partial charge in [-0.05, 0) is 28.7 Å². The van der Waals surface area contributed by atoms with E-state index in [2.05, 4.69) is 10.6 Å². The van der Waals surface area contributed by atoms with Crippen molar-refractivity contribution in [1.82, 2.24) is 10.6 Å². The van der Waals surface area contributed by atoms with Crippen LogP contribution < -0.4 is 10.6 Å².